The van der Waals surface area contributed by atoms with Gasteiger partial charge in [0, 0.05) is 11.1 Å². The number of aryl methyl sites for hydroxylation is 1. The Labute approximate surface area is 165 Å². The highest BCUT2D eigenvalue weighted by Crippen LogP contribution is 2.41. The molecular weight excluding hydrogens is 338 g/mol. The molecule has 0 atom stereocenters. The van der Waals surface area contributed by atoms with Gasteiger partial charge in [-0.15, -0.1) is 0 Å². The predicted octanol–water partition coefficient (Wildman–Crippen LogP) is 5.54. The molecule has 0 unspecified atom stereocenters. The number of amides is 1. The van der Waals surface area contributed by atoms with E-state index in [4.69, 9.17) is 4.74 Å². The van der Waals surface area contributed by atoms with E-state index in [1.165, 1.54) is 0 Å². The van der Waals surface area contributed by atoms with Gasteiger partial charge < -0.3 is 10.1 Å². The standard InChI is InChI=1S/C23H37NO3/c1-16-11-13-18(14-12-16)24-19(26)20(3,4)15-21(5,6)27-23(9,10)22(7,8)17(2)25/h11-14H,15H2,1-10H3,(H,24,26). The molecule has 1 N–H and O–H groups in total. The Morgan fingerprint density at radius 3 is 1.85 bits per heavy atom. The van der Waals surface area contributed by atoms with E-state index in [1.807, 2.05) is 86.6 Å². The number of ether oxygens (including phenoxy) is 1. The number of ketones is 1. The van der Waals surface area contributed by atoms with Gasteiger partial charge in [0.2, 0.25) is 5.91 Å². The summed E-state index contributed by atoms with van der Waals surface area (Å²) in [5.41, 5.74) is -0.563. The van der Waals surface area contributed by atoms with Crippen LogP contribution in [0.15, 0.2) is 24.3 Å². The monoisotopic (exact) mass is 375 g/mol. The van der Waals surface area contributed by atoms with Gasteiger partial charge in [0.05, 0.1) is 16.6 Å². The van der Waals surface area contributed by atoms with E-state index in [0.717, 1.165) is 11.3 Å². The average Bonchev–Trinajstić information content (AvgIpc) is 2.46. The number of Topliss-reactive ketones (excluding diaryl/α,β-unsaturated/α-hetero) is 1. The third-order valence-corrected chi connectivity index (χ3v) is 5.71. The second kappa shape index (κ2) is 7.75. The molecule has 0 spiro atoms. The van der Waals surface area contributed by atoms with Crippen LogP contribution in [-0.4, -0.2) is 22.9 Å². The molecule has 0 fully saturated rings. The summed E-state index contributed by atoms with van der Waals surface area (Å²) in [7, 11) is 0. The van der Waals surface area contributed by atoms with Crippen LogP contribution < -0.4 is 5.32 Å². The van der Waals surface area contributed by atoms with Crippen molar-refractivity contribution >= 4 is 17.4 Å². The molecule has 152 valence electrons. The molecule has 1 aromatic rings. The number of carbonyl (C=O) groups excluding carboxylic acids is 2. The van der Waals surface area contributed by atoms with E-state index in [2.05, 4.69) is 5.32 Å². The summed E-state index contributed by atoms with van der Waals surface area (Å²) in [6.07, 6.45) is 0.523. The van der Waals surface area contributed by atoms with Crippen LogP contribution in [0.5, 0.6) is 0 Å². The summed E-state index contributed by atoms with van der Waals surface area (Å²) in [6, 6.07) is 7.76. The van der Waals surface area contributed by atoms with E-state index in [1.54, 1.807) is 6.92 Å². The first-order chi connectivity index (χ1) is 12.0. The minimum atomic E-state index is -0.661. The molecular formula is C23H37NO3. The maximum absolute atomic E-state index is 12.8. The molecule has 4 heteroatoms. The first-order valence-corrected chi connectivity index (χ1v) is 9.59. The highest BCUT2D eigenvalue weighted by atomic mass is 16.5. The Morgan fingerprint density at radius 2 is 1.41 bits per heavy atom. The van der Waals surface area contributed by atoms with Crippen molar-refractivity contribution in [1.29, 1.82) is 0 Å². The first-order valence-electron chi connectivity index (χ1n) is 9.59. The molecule has 1 aromatic carbocycles. The Balaban J connectivity index is 2.90. The molecule has 0 aromatic heterocycles. The highest BCUT2D eigenvalue weighted by Gasteiger charge is 2.46. The molecule has 0 bridgehead atoms. The largest absolute Gasteiger partial charge is 0.369 e. The normalized spacial score (nSPS) is 13.4. The van der Waals surface area contributed by atoms with Gasteiger partial charge in [-0.05, 0) is 60.1 Å². The van der Waals surface area contributed by atoms with E-state index in [-0.39, 0.29) is 11.7 Å². The van der Waals surface area contributed by atoms with Gasteiger partial charge in [-0.1, -0.05) is 45.4 Å². The number of nitrogens with one attached hydrogen (secondary N) is 1. The van der Waals surface area contributed by atoms with Crippen molar-refractivity contribution in [3.8, 4) is 0 Å². The average molecular weight is 376 g/mol. The molecule has 1 rings (SSSR count). The fraction of sp³-hybridized carbons (Fsp3) is 0.652. The molecule has 0 saturated heterocycles. The number of rotatable bonds is 8. The summed E-state index contributed by atoms with van der Waals surface area (Å²) in [6.45, 7) is 19.1. The Hall–Kier alpha value is -1.68. The van der Waals surface area contributed by atoms with Crippen molar-refractivity contribution < 1.29 is 14.3 Å². The third kappa shape index (κ3) is 5.90. The third-order valence-electron chi connectivity index (χ3n) is 5.71. The summed E-state index contributed by atoms with van der Waals surface area (Å²) in [5.74, 6) is 0.0336. The second-order valence-corrected chi connectivity index (χ2v) is 9.93. The summed E-state index contributed by atoms with van der Waals surface area (Å²) < 4.78 is 6.40. The van der Waals surface area contributed by atoms with Crippen molar-refractivity contribution in [2.45, 2.75) is 86.9 Å². The molecule has 0 aliphatic rings. The second-order valence-electron chi connectivity index (χ2n) is 9.93. The maximum Gasteiger partial charge on any atom is 0.230 e. The van der Waals surface area contributed by atoms with Gasteiger partial charge in [-0.3, -0.25) is 9.59 Å². The van der Waals surface area contributed by atoms with Crippen LogP contribution in [-0.2, 0) is 14.3 Å². The molecule has 27 heavy (non-hydrogen) atoms. The molecule has 4 nitrogen and oxygen atoms in total. The minimum Gasteiger partial charge on any atom is -0.369 e. The van der Waals surface area contributed by atoms with Crippen LogP contribution in [0.3, 0.4) is 0 Å². The van der Waals surface area contributed by atoms with Crippen molar-refractivity contribution in [3.63, 3.8) is 0 Å². The lowest BCUT2D eigenvalue weighted by Gasteiger charge is -2.46. The Morgan fingerprint density at radius 1 is 0.926 bits per heavy atom. The number of hydrogen-bond acceptors (Lipinski definition) is 3. The van der Waals surface area contributed by atoms with Gasteiger partial charge in [-0.25, -0.2) is 0 Å². The molecule has 0 aliphatic carbocycles. The zero-order valence-electron chi connectivity index (χ0n) is 18.7. The lowest BCUT2D eigenvalue weighted by Crippen LogP contribution is -2.52. The quantitative estimate of drug-likeness (QED) is 0.649. The van der Waals surface area contributed by atoms with E-state index >= 15 is 0 Å². The molecule has 0 radical (unpaired) electrons. The van der Waals surface area contributed by atoms with E-state index in [9.17, 15) is 9.59 Å². The van der Waals surface area contributed by atoms with Gasteiger partial charge in [-0.2, -0.15) is 0 Å². The lowest BCUT2D eigenvalue weighted by atomic mass is 9.73. The van der Waals surface area contributed by atoms with E-state index < -0.39 is 22.0 Å². The lowest BCUT2D eigenvalue weighted by molar-refractivity contribution is -0.188. The van der Waals surface area contributed by atoms with Crippen LogP contribution in [0.25, 0.3) is 0 Å². The number of carbonyl (C=O) groups is 2. The van der Waals surface area contributed by atoms with Crippen molar-refractivity contribution in [2.24, 2.45) is 10.8 Å². The van der Waals surface area contributed by atoms with Crippen molar-refractivity contribution in [1.82, 2.24) is 0 Å². The SMILES string of the molecule is CC(=O)C(C)(C)C(C)(C)OC(C)(C)CC(C)(C)C(=O)Nc1ccc(C)cc1. The number of hydrogen-bond donors (Lipinski definition) is 1. The summed E-state index contributed by atoms with van der Waals surface area (Å²) in [4.78, 5) is 24.9. The smallest absolute Gasteiger partial charge is 0.230 e. The zero-order valence-corrected chi connectivity index (χ0v) is 18.7. The van der Waals surface area contributed by atoms with Crippen LogP contribution in [0, 0.1) is 17.8 Å². The number of benzene rings is 1. The van der Waals surface area contributed by atoms with Crippen LogP contribution in [0.4, 0.5) is 5.69 Å². The summed E-state index contributed by atoms with van der Waals surface area (Å²) in [5, 5.41) is 2.99. The number of anilines is 1. The molecule has 0 aliphatic heterocycles. The Bertz CT molecular complexity index is 682. The van der Waals surface area contributed by atoms with Crippen LogP contribution in [0.2, 0.25) is 0 Å². The van der Waals surface area contributed by atoms with E-state index in [0.29, 0.717) is 6.42 Å². The Kier molecular flexibility index (Phi) is 6.70. The minimum absolute atomic E-state index is 0.0494. The van der Waals surface area contributed by atoms with Gasteiger partial charge in [0.1, 0.15) is 5.78 Å². The highest BCUT2D eigenvalue weighted by molar-refractivity contribution is 5.94. The van der Waals surface area contributed by atoms with Gasteiger partial charge in [0.25, 0.3) is 0 Å². The molecule has 0 saturated carbocycles. The fourth-order valence-corrected chi connectivity index (χ4v) is 3.36. The molecule has 1 amide bonds. The molecule has 0 heterocycles. The van der Waals surface area contributed by atoms with Gasteiger partial charge >= 0.3 is 0 Å². The van der Waals surface area contributed by atoms with Crippen LogP contribution >= 0.6 is 0 Å². The summed E-state index contributed by atoms with van der Waals surface area (Å²) >= 11 is 0. The van der Waals surface area contributed by atoms with Crippen molar-refractivity contribution in [2.75, 3.05) is 5.32 Å². The topological polar surface area (TPSA) is 55.4 Å². The first kappa shape index (κ1) is 23.4. The van der Waals surface area contributed by atoms with Gasteiger partial charge in [0.15, 0.2) is 0 Å². The predicted molar refractivity (Wildman–Crippen MR) is 112 cm³/mol. The van der Waals surface area contributed by atoms with Crippen LogP contribution in [0.1, 0.15) is 74.3 Å². The zero-order chi connectivity index (χ0) is 21.3. The van der Waals surface area contributed by atoms with Crippen molar-refractivity contribution in [3.05, 3.63) is 29.8 Å². The maximum atomic E-state index is 12.8. The fourth-order valence-electron chi connectivity index (χ4n) is 3.36.